The van der Waals surface area contributed by atoms with Gasteiger partial charge in [0, 0.05) is 12.1 Å². The predicted molar refractivity (Wildman–Crippen MR) is 75.1 cm³/mol. The molecule has 0 aliphatic heterocycles. The van der Waals surface area contributed by atoms with Crippen molar-refractivity contribution < 1.29 is 18.3 Å². The lowest BCUT2D eigenvalue weighted by Crippen LogP contribution is -2.22. The number of ether oxygens (including phenoxy) is 1. The second-order valence-electron chi connectivity index (χ2n) is 4.39. The van der Waals surface area contributed by atoms with Gasteiger partial charge in [-0.2, -0.15) is 0 Å². The second-order valence-corrected chi connectivity index (χ2v) is 4.39. The van der Waals surface area contributed by atoms with Crippen molar-refractivity contribution in [2.45, 2.75) is 13.5 Å². The van der Waals surface area contributed by atoms with E-state index in [2.05, 4.69) is 5.32 Å². The number of carbonyl (C=O) groups is 1. The molecular formula is C16H15F2NO2. The summed E-state index contributed by atoms with van der Waals surface area (Å²) in [6.45, 7) is 2.34. The molecule has 1 amide bonds. The summed E-state index contributed by atoms with van der Waals surface area (Å²) < 4.78 is 31.5. The molecule has 2 rings (SSSR count). The molecule has 5 heteroatoms. The first-order chi connectivity index (χ1) is 10.1. The van der Waals surface area contributed by atoms with Crippen molar-refractivity contribution in [3.8, 4) is 5.75 Å². The zero-order chi connectivity index (χ0) is 15.2. The fourth-order valence-electron chi connectivity index (χ4n) is 1.81. The molecule has 0 aromatic heterocycles. The van der Waals surface area contributed by atoms with Gasteiger partial charge in [0.25, 0.3) is 5.91 Å². The first-order valence-electron chi connectivity index (χ1n) is 6.55. The zero-order valence-corrected chi connectivity index (χ0v) is 11.5. The van der Waals surface area contributed by atoms with Crippen LogP contribution in [0.4, 0.5) is 8.78 Å². The molecular weight excluding hydrogens is 276 g/mol. The van der Waals surface area contributed by atoms with E-state index in [0.29, 0.717) is 17.7 Å². The summed E-state index contributed by atoms with van der Waals surface area (Å²) >= 11 is 0. The molecule has 1 N–H and O–H groups in total. The zero-order valence-electron chi connectivity index (χ0n) is 11.5. The van der Waals surface area contributed by atoms with Gasteiger partial charge in [0.1, 0.15) is 5.82 Å². The maximum atomic E-state index is 13.6. The third kappa shape index (κ3) is 4.02. The van der Waals surface area contributed by atoms with Gasteiger partial charge in [-0.25, -0.2) is 8.78 Å². The van der Waals surface area contributed by atoms with Gasteiger partial charge in [0.05, 0.1) is 6.61 Å². The van der Waals surface area contributed by atoms with Crippen LogP contribution in [0, 0.1) is 11.6 Å². The minimum atomic E-state index is -0.467. The number of benzene rings is 2. The number of nitrogens with one attached hydrogen (secondary N) is 1. The summed E-state index contributed by atoms with van der Waals surface area (Å²) in [4.78, 5) is 11.8. The van der Waals surface area contributed by atoms with Crippen molar-refractivity contribution in [2.24, 2.45) is 0 Å². The van der Waals surface area contributed by atoms with E-state index in [1.54, 1.807) is 13.0 Å². The molecule has 0 atom stereocenters. The van der Waals surface area contributed by atoms with Crippen LogP contribution in [-0.4, -0.2) is 12.5 Å². The SMILES string of the molecule is CCOc1ccc(CNC(=O)c2ccc(F)cc2)cc1F. The van der Waals surface area contributed by atoms with Crippen molar-refractivity contribution >= 4 is 5.91 Å². The van der Waals surface area contributed by atoms with Crippen LogP contribution >= 0.6 is 0 Å². The number of hydrogen-bond acceptors (Lipinski definition) is 2. The monoisotopic (exact) mass is 291 g/mol. The summed E-state index contributed by atoms with van der Waals surface area (Å²) in [5.41, 5.74) is 0.967. The molecule has 0 aliphatic rings. The lowest BCUT2D eigenvalue weighted by Gasteiger charge is -2.08. The minimum absolute atomic E-state index is 0.180. The van der Waals surface area contributed by atoms with Gasteiger partial charge in [-0.1, -0.05) is 6.07 Å². The topological polar surface area (TPSA) is 38.3 Å². The largest absolute Gasteiger partial charge is 0.491 e. The van der Waals surface area contributed by atoms with Gasteiger partial charge < -0.3 is 10.1 Å². The summed E-state index contributed by atoms with van der Waals surface area (Å²) in [6, 6.07) is 9.73. The molecule has 0 saturated heterocycles. The van der Waals surface area contributed by atoms with Crippen LogP contribution in [0.15, 0.2) is 42.5 Å². The normalized spacial score (nSPS) is 10.2. The summed E-state index contributed by atoms with van der Waals surface area (Å²) in [7, 11) is 0. The molecule has 0 saturated carbocycles. The maximum Gasteiger partial charge on any atom is 0.251 e. The number of halogens is 2. The highest BCUT2D eigenvalue weighted by Gasteiger charge is 2.07. The third-order valence-electron chi connectivity index (χ3n) is 2.86. The van der Waals surface area contributed by atoms with Gasteiger partial charge in [-0.3, -0.25) is 4.79 Å². The Balaban J connectivity index is 1.98. The molecule has 0 radical (unpaired) electrons. The Morgan fingerprint density at radius 1 is 1.14 bits per heavy atom. The third-order valence-corrected chi connectivity index (χ3v) is 2.86. The summed E-state index contributed by atoms with van der Waals surface area (Å²) in [5, 5.41) is 2.64. The Morgan fingerprint density at radius 2 is 1.86 bits per heavy atom. The highest BCUT2D eigenvalue weighted by atomic mass is 19.1. The highest BCUT2D eigenvalue weighted by molar-refractivity contribution is 5.94. The van der Waals surface area contributed by atoms with Crippen LogP contribution in [0.2, 0.25) is 0 Å². The molecule has 2 aromatic rings. The second kappa shape index (κ2) is 6.83. The van der Waals surface area contributed by atoms with Crippen LogP contribution in [-0.2, 0) is 6.54 Å². The molecule has 2 aromatic carbocycles. The number of carbonyl (C=O) groups excluding carboxylic acids is 1. The first-order valence-corrected chi connectivity index (χ1v) is 6.55. The van der Waals surface area contributed by atoms with Crippen LogP contribution in [0.5, 0.6) is 5.75 Å². The minimum Gasteiger partial charge on any atom is -0.491 e. The fraction of sp³-hybridized carbons (Fsp3) is 0.188. The summed E-state index contributed by atoms with van der Waals surface area (Å²) in [5.74, 6) is -1.03. The van der Waals surface area contributed by atoms with E-state index in [0.717, 1.165) is 0 Å². The van der Waals surface area contributed by atoms with Gasteiger partial charge >= 0.3 is 0 Å². The lowest BCUT2D eigenvalue weighted by atomic mass is 10.2. The van der Waals surface area contributed by atoms with E-state index in [1.165, 1.54) is 36.4 Å². The average molecular weight is 291 g/mol. The Labute approximate surface area is 121 Å². The molecule has 3 nitrogen and oxygen atoms in total. The van der Waals surface area contributed by atoms with Gasteiger partial charge in [-0.15, -0.1) is 0 Å². The van der Waals surface area contributed by atoms with E-state index in [9.17, 15) is 13.6 Å². The van der Waals surface area contributed by atoms with Gasteiger partial charge in [0.2, 0.25) is 0 Å². The number of rotatable bonds is 5. The smallest absolute Gasteiger partial charge is 0.251 e. The van der Waals surface area contributed by atoms with Crippen molar-refractivity contribution in [3.63, 3.8) is 0 Å². The summed E-state index contributed by atoms with van der Waals surface area (Å²) in [6.07, 6.45) is 0. The van der Waals surface area contributed by atoms with Crippen LogP contribution < -0.4 is 10.1 Å². The highest BCUT2D eigenvalue weighted by Crippen LogP contribution is 2.18. The van der Waals surface area contributed by atoms with E-state index < -0.39 is 11.6 Å². The standard InChI is InChI=1S/C16H15F2NO2/c1-2-21-15-8-3-11(9-14(15)18)10-19-16(20)12-4-6-13(17)7-5-12/h3-9H,2,10H2,1H3,(H,19,20). The van der Waals surface area contributed by atoms with Gasteiger partial charge in [-0.05, 0) is 48.9 Å². The average Bonchev–Trinajstić information content (AvgIpc) is 2.48. The lowest BCUT2D eigenvalue weighted by molar-refractivity contribution is 0.0951. The van der Waals surface area contributed by atoms with E-state index in [-0.39, 0.29) is 18.2 Å². The van der Waals surface area contributed by atoms with Gasteiger partial charge in [0.15, 0.2) is 11.6 Å². The van der Waals surface area contributed by atoms with Crippen molar-refractivity contribution in [1.82, 2.24) is 5.32 Å². The fourth-order valence-corrected chi connectivity index (χ4v) is 1.81. The Kier molecular flexibility index (Phi) is 4.87. The van der Waals surface area contributed by atoms with Crippen LogP contribution in [0.3, 0.4) is 0 Å². The molecule has 110 valence electrons. The Bertz CT molecular complexity index is 627. The molecule has 0 spiro atoms. The first kappa shape index (κ1) is 15.0. The molecule has 0 bridgehead atoms. The number of hydrogen-bond donors (Lipinski definition) is 1. The van der Waals surface area contributed by atoms with Crippen molar-refractivity contribution in [3.05, 3.63) is 65.2 Å². The predicted octanol–water partition coefficient (Wildman–Crippen LogP) is 3.29. The van der Waals surface area contributed by atoms with E-state index in [4.69, 9.17) is 4.74 Å². The van der Waals surface area contributed by atoms with E-state index in [1.807, 2.05) is 0 Å². The molecule has 0 heterocycles. The molecule has 0 fully saturated rings. The molecule has 0 unspecified atom stereocenters. The Morgan fingerprint density at radius 3 is 2.48 bits per heavy atom. The molecule has 0 aliphatic carbocycles. The maximum absolute atomic E-state index is 13.6. The number of amides is 1. The van der Waals surface area contributed by atoms with E-state index >= 15 is 0 Å². The van der Waals surface area contributed by atoms with Crippen LogP contribution in [0.1, 0.15) is 22.8 Å². The van der Waals surface area contributed by atoms with Crippen LogP contribution in [0.25, 0.3) is 0 Å². The molecule has 21 heavy (non-hydrogen) atoms. The quantitative estimate of drug-likeness (QED) is 0.918. The van der Waals surface area contributed by atoms with Crippen molar-refractivity contribution in [1.29, 1.82) is 0 Å². The van der Waals surface area contributed by atoms with Crippen molar-refractivity contribution in [2.75, 3.05) is 6.61 Å². The Hall–Kier alpha value is -2.43.